The fourth-order valence-electron chi connectivity index (χ4n) is 1.62. The zero-order chi connectivity index (χ0) is 11.5. The summed E-state index contributed by atoms with van der Waals surface area (Å²) in [7, 11) is 0. The first kappa shape index (κ1) is 11.4. The first-order valence-electron chi connectivity index (χ1n) is 4.81. The molecule has 0 spiro atoms. The van der Waals surface area contributed by atoms with E-state index in [0.717, 1.165) is 11.1 Å². The van der Waals surface area contributed by atoms with Crippen LogP contribution < -0.4 is 0 Å². The average molecular weight is 255 g/mol. The van der Waals surface area contributed by atoms with E-state index in [1.54, 1.807) is 24.3 Å². The highest BCUT2D eigenvalue weighted by molar-refractivity contribution is 6.32. The maximum Gasteiger partial charge on any atom is 0.117 e. The van der Waals surface area contributed by atoms with Gasteiger partial charge in [0.05, 0.1) is 0 Å². The minimum absolute atomic E-state index is 0.444. The predicted octanol–water partition coefficient (Wildman–Crippen LogP) is 5.13. The van der Waals surface area contributed by atoms with Gasteiger partial charge in [-0.05, 0) is 29.3 Å². The van der Waals surface area contributed by atoms with Gasteiger partial charge in [-0.2, -0.15) is 0 Å². The molecule has 0 saturated heterocycles. The Bertz CT molecular complexity index is 509. The summed E-state index contributed by atoms with van der Waals surface area (Å²) >= 11 is 11.8. The molecule has 0 radical (unpaired) electrons. The molecule has 0 N–H and O–H groups in total. The Morgan fingerprint density at radius 2 is 1.75 bits per heavy atom. The molecule has 0 heterocycles. The van der Waals surface area contributed by atoms with Crippen LogP contribution in [0.1, 0.15) is 5.56 Å². The molecular weight excluding hydrogens is 246 g/mol. The normalized spacial score (nSPS) is 10.4. The molecule has 0 atom stereocenters. The Hall–Kier alpha value is -1.05. The van der Waals surface area contributed by atoms with Crippen LogP contribution in [0.15, 0.2) is 42.5 Å². The maximum atomic E-state index is 12.9. The highest BCUT2D eigenvalue weighted by Gasteiger charge is 2.08. The molecule has 0 aliphatic carbocycles. The third-order valence-corrected chi connectivity index (χ3v) is 2.98. The highest BCUT2D eigenvalue weighted by Crippen LogP contribution is 2.31. The van der Waals surface area contributed by atoms with Crippen LogP contribution in [0.2, 0.25) is 10.0 Å². The maximum absolute atomic E-state index is 12.9. The Morgan fingerprint density at radius 3 is 2.44 bits per heavy atom. The topological polar surface area (TPSA) is 0 Å². The number of halogens is 3. The molecule has 2 rings (SSSR count). The molecule has 16 heavy (non-hydrogen) atoms. The van der Waals surface area contributed by atoms with Gasteiger partial charge < -0.3 is 0 Å². The second kappa shape index (κ2) is 4.86. The summed E-state index contributed by atoms with van der Waals surface area (Å²) in [4.78, 5) is 0. The molecule has 0 saturated carbocycles. The molecule has 0 nitrogen and oxygen atoms in total. The highest BCUT2D eigenvalue weighted by atomic mass is 35.5. The second-order valence-corrected chi connectivity index (χ2v) is 4.25. The number of benzene rings is 2. The van der Waals surface area contributed by atoms with Crippen LogP contribution in [-0.4, -0.2) is 0 Å². The van der Waals surface area contributed by atoms with Gasteiger partial charge in [0.15, 0.2) is 0 Å². The minimum atomic E-state index is -0.582. The van der Waals surface area contributed by atoms with Crippen molar-refractivity contribution in [2.75, 3.05) is 0 Å². The van der Waals surface area contributed by atoms with E-state index in [2.05, 4.69) is 0 Å². The van der Waals surface area contributed by atoms with Gasteiger partial charge in [-0.25, -0.2) is 4.39 Å². The van der Waals surface area contributed by atoms with Crippen LogP contribution in [0.4, 0.5) is 4.39 Å². The summed E-state index contributed by atoms with van der Waals surface area (Å²) in [5.74, 6) is 0. The molecule has 2 aromatic carbocycles. The zero-order valence-corrected chi connectivity index (χ0v) is 9.89. The first-order valence-corrected chi connectivity index (χ1v) is 5.57. The van der Waals surface area contributed by atoms with Crippen molar-refractivity contribution in [3.8, 4) is 11.1 Å². The second-order valence-electron chi connectivity index (χ2n) is 3.41. The number of alkyl halides is 1. The standard InChI is InChI=1S/C13H9Cl2F/c14-10-4-1-3-9(7-10)11-5-2-6-13(15)12(11)8-16/h1-7H,8H2. The van der Waals surface area contributed by atoms with Gasteiger partial charge in [0.25, 0.3) is 0 Å². The van der Waals surface area contributed by atoms with E-state index in [1.165, 1.54) is 0 Å². The molecule has 0 unspecified atom stereocenters. The van der Waals surface area contributed by atoms with Gasteiger partial charge in [0.2, 0.25) is 0 Å². The molecule has 0 amide bonds. The molecule has 0 aliphatic rings. The molecule has 0 aliphatic heterocycles. The molecular formula is C13H9Cl2F. The quantitative estimate of drug-likeness (QED) is 0.697. The Kier molecular flexibility index (Phi) is 3.47. The Labute approximate surface area is 104 Å². The van der Waals surface area contributed by atoms with Crippen molar-refractivity contribution < 1.29 is 4.39 Å². The van der Waals surface area contributed by atoms with Crippen molar-refractivity contribution in [1.82, 2.24) is 0 Å². The molecule has 0 bridgehead atoms. The van der Waals surface area contributed by atoms with Crippen molar-refractivity contribution >= 4 is 23.2 Å². The summed E-state index contributed by atoms with van der Waals surface area (Å²) in [5.41, 5.74) is 2.17. The lowest BCUT2D eigenvalue weighted by Gasteiger charge is -2.08. The number of hydrogen-bond acceptors (Lipinski definition) is 0. The van der Waals surface area contributed by atoms with Crippen molar-refractivity contribution in [3.63, 3.8) is 0 Å². The van der Waals surface area contributed by atoms with Crippen molar-refractivity contribution in [2.24, 2.45) is 0 Å². The fraction of sp³-hybridized carbons (Fsp3) is 0.0769. The van der Waals surface area contributed by atoms with Crippen LogP contribution in [0.5, 0.6) is 0 Å². The van der Waals surface area contributed by atoms with E-state index in [4.69, 9.17) is 23.2 Å². The van der Waals surface area contributed by atoms with Gasteiger partial charge in [0.1, 0.15) is 6.67 Å². The summed E-state index contributed by atoms with van der Waals surface area (Å²) in [6.45, 7) is -0.582. The van der Waals surface area contributed by atoms with E-state index >= 15 is 0 Å². The average Bonchev–Trinajstić information content (AvgIpc) is 2.28. The predicted molar refractivity (Wildman–Crippen MR) is 66.7 cm³/mol. The lowest BCUT2D eigenvalue weighted by molar-refractivity contribution is 0.486. The largest absolute Gasteiger partial charge is 0.246 e. The number of hydrogen-bond donors (Lipinski definition) is 0. The van der Waals surface area contributed by atoms with Crippen molar-refractivity contribution in [3.05, 3.63) is 58.1 Å². The Morgan fingerprint density at radius 1 is 1.00 bits per heavy atom. The van der Waals surface area contributed by atoms with Crippen LogP contribution in [-0.2, 0) is 6.67 Å². The van der Waals surface area contributed by atoms with Crippen LogP contribution >= 0.6 is 23.2 Å². The molecule has 3 heteroatoms. The smallest absolute Gasteiger partial charge is 0.117 e. The molecule has 0 aromatic heterocycles. The van der Waals surface area contributed by atoms with Crippen molar-refractivity contribution in [2.45, 2.75) is 6.67 Å². The summed E-state index contributed by atoms with van der Waals surface area (Å²) in [5, 5.41) is 1.07. The lowest BCUT2D eigenvalue weighted by atomic mass is 10.0. The first-order chi connectivity index (χ1) is 7.72. The van der Waals surface area contributed by atoms with Gasteiger partial charge in [-0.3, -0.25) is 0 Å². The van der Waals surface area contributed by atoms with Gasteiger partial charge in [0, 0.05) is 15.6 Å². The summed E-state index contributed by atoms with van der Waals surface area (Å²) in [6, 6.07) is 12.6. The van der Waals surface area contributed by atoms with Gasteiger partial charge in [-0.1, -0.05) is 47.5 Å². The van der Waals surface area contributed by atoms with Gasteiger partial charge >= 0.3 is 0 Å². The Balaban J connectivity index is 2.60. The van der Waals surface area contributed by atoms with Gasteiger partial charge in [-0.15, -0.1) is 0 Å². The lowest BCUT2D eigenvalue weighted by Crippen LogP contribution is -1.88. The molecule has 0 fully saturated rings. The fourth-order valence-corrected chi connectivity index (χ4v) is 2.04. The van der Waals surface area contributed by atoms with Crippen molar-refractivity contribution in [1.29, 1.82) is 0 Å². The zero-order valence-electron chi connectivity index (χ0n) is 8.38. The SMILES string of the molecule is FCc1c(Cl)cccc1-c1cccc(Cl)c1. The number of rotatable bonds is 2. The van der Waals surface area contributed by atoms with E-state index in [9.17, 15) is 4.39 Å². The third-order valence-electron chi connectivity index (χ3n) is 2.39. The van der Waals surface area contributed by atoms with Crippen LogP contribution in [0, 0.1) is 0 Å². The van der Waals surface area contributed by atoms with Crippen LogP contribution in [0.25, 0.3) is 11.1 Å². The molecule has 82 valence electrons. The third kappa shape index (κ3) is 2.21. The monoisotopic (exact) mass is 254 g/mol. The van der Waals surface area contributed by atoms with E-state index < -0.39 is 6.67 Å². The summed E-state index contributed by atoms with van der Waals surface area (Å²) < 4.78 is 12.9. The van der Waals surface area contributed by atoms with Crippen LogP contribution in [0.3, 0.4) is 0 Å². The minimum Gasteiger partial charge on any atom is -0.246 e. The summed E-state index contributed by atoms with van der Waals surface area (Å²) in [6.07, 6.45) is 0. The van der Waals surface area contributed by atoms with E-state index in [0.29, 0.717) is 15.6 Å². The molecule has 2 aromatic rings. The van der Waals surface area contributed by atoms with E-state index in [-0.39, 0.29) is 0 Å². The van der Waals surface area contributed by atoms with E-state index in [1.807, 2.05) is 18.2 Å².